The Morgan fingerprint density at radius 1 is 1.07 bits per heavy atom. The molecule has 0 spiro atoms. The number of nitrogens with one attached hydrogen (secondary N) is 1. The molecule has 28 heavy (non-hydrogen) atoms. The van der Waals surface area contributed by atoms with Crippen molar-refractivity contribution < 1.29 is 13.2 Å². The van der Waals surface area contributed by atoms with Gasteiger partial charge in [-0.25, -0.2) is 23.5 Å². The van der Waals surface area contributed by atoms with Gasteiger partial charge in [0.05, 0.1) is 16.3 Å². The number of nitrogens with two attached hydrogens (primary N) is 1. The highest BCUT2D eigenvalue weighted by Crippen LogP contribution is 2.22. The van der Waals surface area contributed by atoms with Gasteiger partial charge in [-0.15, -0.1) is 0 Å². The van der Waals surface area contributed by atoms with Gasteiger partial charge in [0.2, 0.25) is 15.9 Å². The minimum atomic E-state index is -3.76. The SMILES string of the molecule is Cc1cc(-c2ccccc2)nc(SCC(=O)Nc2ccc(S(N)(=O)=O)cc2)n1. The number of sulfonamides is 1. The molecule has 0 fully saturated rings. The van der Waals surface area contributed by atoms with E-state index in [0.29, 0.717) is 10.8 Å². The molecule has 7 nitrogen and oxygen atoms in total. The number of primary sulfonamides is 1. The molecule has 0 saturated heterocycles. The number of carbonyl (C=O) groups is 1. The molecule has 0 aliphatic heterocycles. The first-order valence-electron chi connectivity index (χ1n) is 8.28. The smallest absolute Gasteiger partial charge is 0.238 e. The van der Waals surface area contributed by atoms with Crippen molar-refractivity contribution in [2.75, 3.05) is 11.1 Å². The van der Waals surface area contributed by atoms with Crippen LogP contribution in [0.15, 0.2) is 70.7 Å². The van der Waals surface area contributed by atoms with Crippen molar-refractivity contribution in [3.05, 3.63) is 66.4 Å². The van der Waals surface area contributed by atoms with Crippen LogP contribution >= 0.6 is 11.8 Å². The van der Waals surface area contributed by atoms with Crippen LogP contribution in [0.1, 0.15) is 5.69 Å². The second-order valence-electron chi connectivity index (χ2n) is 5.95. The minimum absolute atomic E-state index is 0.0125. The van der Waals surface area contributed by atoms with Crippen molar-refractivity contribution in [1.29, 1.82) is 0 Å². The summed E-state index contributed by atoms with van der Waals surface area (Å²) >= 11 is 1.23. The van der Waals surface area contributed by atoms with E-state index in [2.05, 4.69) is 15.3 Å². The second kappa shape index (κ2) is 8.51. The Bertz CT molecular complexity index is 1090. The van der Waals surface area contributed by atoms with Crippen molar-refractivity contribution in [1.82, 2.24) is 9.97 Å². The fourth-order valence-corrected chi connectivity index (χ4v) is 3.64. The second-order valence-corrected chi connectivity index (χ2v) is 8.45. The number of amides is 1. The van der Waals surface area contributed by atoms with Crippen LogP contribution < -0.4 is 10.5 Å². The Labute approximate surface area is 167 Å². The van der Waals surface area contributed by atoms with E-state index in [9.17, 15) is 13.2 Å². The lowest BCUT2D eigenvalue weighted by Crippen LogP contribution is -2.15. The average molecular weight is 415 g/mol. The first-order chi connectivity index (χ1) is 13.3. The number of hydrogen-bond donors (Lipinski definition) is 2. The van der Waals surface area contributed by atoms with E-state index in [1.54, 1.807) is 0 Å². The summed E-state index contributed by atoms with van der Waals surface area (Å²) in [6.45, 7) is 1.88. The lowest BCUT2D eigenvalue weighted by Gasteiger charge is -2.07. The van der Waals surface area contributed by atoms with E-state index in [4.69, 9.17) is 5.14 Å². The number of anilines is 1. The van der Waals surface area contributed by atoms with Crippen LogP contribution in [0.25, 0.3) is 11.3 Å². The summed E-state index contributed by atoms with van der Waals surface area (Å²) < 4.78 is 22.5. The number of nitrogens with zero attached hydrogens (tertiary/aromatic N) is 2. The largest absolute Gasteiger partial charge is 0.325 e. The molecule has 0 atom stereocenters. The molecule has 2 aromatic carbocycles. The van der Waals surface area contributed by atoms with Gasteiger partial charge >= 0.3 is 0 Å². The summed E-state index contributed by atoms with van der Waals surface area (Å²) in [6.07, 6.45) is 0. The van der Waals surface area contributed by atoms with Gasteiger partial charge in [-0.2, -0.15) is 0 Å². The fraction of sp³-hybridized carbons (Fsp3) is 0.105. The molecule has 0 aliphatic carbocycles. The Hall–Kier alpha value is -2.75. The maximum atomic E-state index is 12.2. The van der Waals surface area contributed by atoms with Crippen molar-refractivity contribution >= 4 is 33.4 Å². The fourth-order valence-electron chi connectivity index (χ4n) is 2.42. The summed E-state index contributed by atoms with van der Waals surface area (Å²) in [5, 5.41) is 8.27. The number of aromatic nitrogens is 2. The van der Waals surface area contributed by atoms with Gasteiger partial charge in [0.1, 0.15) is 0 Å². The van der Waals surface area contributed by atoms with Gasteiger partial charge in [-0.1, -0.05) is 42.1 Å². The van der Waals surface area contributed by atoms with Crippen molar-refractivity contribution in [3.8, 4) is 11.3 Å². The highest BCUT2D eigenvalue weighted by atomic mass is 32.2. The Morgan fingerprint density at radius 2 is 1.75 bits per heavy atom. The lowest BCUT2D eigenvalue weighted by atomic mass is 10.1. The normalized spacial score (nSPS) is 11.2. The third-order valence-electron chi connectivity index (χ3n) is 3.70. The van der Waals surface area contributed by atoms with Crippen LogP contribution in [0.5, 0.6) is 0 Å². The van der Waals surface area contributed by atoms with Gasteiger partial charge in [0.25, 0.3) is 0 Å². The van der Waals surface area contributed by atoms with Crippen molar-refractivity contribution in [2.24, 2.45) is 5.14 Å². The summed E-state index contributed by atoms with van der Waals surface area (Å²) in [5.41, 5.74) is 3.08. The molecule has 144 valence electrons. The van der Waals surface area contributed by atoms with Crippen LogP contribution in [-0.2, 0) is 14.8 Å². The van der Waals surface area contributed by atoms with Gasteiger partial charge < -0.3 is 5.32 Å². The molecule has 0 radical (unpaired) electrons. The van der Waals surface area contributed by atoms with E-state index in [-0.39, 0.29) is 16.6 Å². The van der Waals surface area contributed by atoms with Crippen LogP contribution in [0, 0.1) is 6.92 Å². The van der Waals surface area contributed by atoms with Gasteiger partial charge in [-0.05, 0) is 37.3 Å². The molecular weight excluding hydrogens is 396 g/mol. The number of aryl methyl sites for hydroxylation is 1. The number of benzene rings is 2. The zero-order valence-electron chi connectivity index (χ0n) is 15.0. The van der Waals surface area contributed by atoms with Crippen LogP contribution in [-0.4, -0.2) is 30.0 Å². The zero-order chi connectivity index (χ0) is 20.1. The summed E-state index contributed by atoms with van der Waals surface area (Å²) in [4.78, 5) is 21.0. The van der Waals surface area contributed by atoms with E-state index >= 15 is 0 Å². The zero-order valence-corrected chi connectivity index (χ0v) is 16.6. The number of carbonyl (C=O) groups excluding carboxylic acids is 1. The third-order valence-corrected chi connectivity index (χ3v) is 5.48. The molecule has 0 unspecified atom stereocenters. The van der Waals surface area contributed by atoms with Crippen LogP contribution in [0.3, 0.4) is 0 Å². The molecular formula is C19H18N4O3S2. The predicted octanol–water partition coefficient (Wildman–Crippen LogP) is 2.83. The molecule has 1 heterocycles. The molecule has 1 amide bonds. The van der Waals surface area contributed by atoms with Crippen molar-refractivity contribution in [3.63, 3.8) is 0 Å². The quantitative estimate of drug-likeness (QED) is 0.473. The van der Waals surface area contributed by atoms with E-state index in [1.807, 2.05) is 43.3 Å². The standard InChI is InChI=1S/C19H18N4O3S2/c1-13-11-17(14-5-3-2-4-6-14)23-19(21-13)27-12-18(24)22-15-7-9-16(10-8-15)28(20,25)26/h2-11H,12H2,1H3,(H,22,24)(H2,20,25,26). The maximum Gasteiger partial charge on any atom is 0.238 e. The lowest BCUT2D eigenvalue weighted by molar-refractivity contribution is -0.113. The molecule has 1 aromatic heterocycles. The molecule has 9 heteroatoms. The third kappa shape index (κ3) is 5.38. The van der Waals surface area contributed by atoms with Crippen LogP contribution in [0.2, 0.25) is 0 Å². The highest BCUT2D eigenvalue weighted by molar-refractivity contribution is 7.99. The molecule has 0 bridgehead atoms. The summed E-state index contributed by atoms with van der Waals surface area (Å²) in [6, 6.07) is 17.3. The van der Waals surface area contributed by atoms with Gasteiger partial charge in [0, 0.05) is 16.9 Å². The first kappa shape index (κ1) is 20.0. The molecule has 3 aromatic rings. The van der Waals surface area contributed by atoms with Gasteiger partial charge in [0.15, 0.2) is 5.16 Å². The Balaban J connectivity index is 1.64. The van der Waals surface area contributed by atoms with Gasteiger partial charge in [-0.3, -0.25) is 4.79 Å². The Kier molecular flexibility index (Phi) is 6.08. The van der Waals surface area contributed by atoms with E-state index in [0.717, 1.165) is 17.0 Å². The molecule has 0 aliphatic rings. The molecule has 0 saturated carbocycles. The summed E-state index contributed by atoms with van der Waals surface area (Å²) in [7, 11) is -3.76. The maximum absolute atomic E-state index is 12.2. The van der Waals surface area contributed by atoms with E-state index < -0.39 is 10.0 Å². The van der Waals surface area contributed by atoms with E-state index in [1.165, 1.54) is 36.0 Å². The Morgan fingerprint density at radius 3 is 2.39 bits per heavy atom. The molecule has 3 N–H and O–H groups in total. The van der Waals surface area contributed by atoms with Crippen molar-refractivity contribution in [2.45, 2.75) is 17.0 Å². The van der Waals surface area contributed by atoms with Crippen LogP contribution in [0.4, 0.5) is 5.69 Å². The summed E-state index contributed by atoms with van der Waals surface area (Å²) in [5.74, 6) is -0.131. The average Bonchev–Trinajstić information content (AvgIpc) is 2.66. The predicted molar refractivity (Wildman–Crippen MR) is 109 cm³/mol. The minimum Gasteiger partial charge on any atom is -0.325 e. The topological polar surface area (TPSA) is 115 Å². The monoisotopic (exact) mass is 414 g/mol. The number of rotatable bonds is 6. The number of thioether (sulfide) groups is 1. The molecule has 3 rings (SSSR count). The number of hydrogen-bond acceptors (Lipinski definition) is 6. The first-order valence-corrected chi connectivity index (χ1v) is 10.8. The highest BCUT2D eigenvalue weighted by Gasteiger charge is 2.10.